The molecule has 0 amide bonds. The zero-order chi connectivity index (χ0) is 18.3. The molecule has 1 N–H and O–H groups in total. The van der Waals surface area contributed by atoms with Crippen LogP contribution in [-0.2, 0) is 26.2 Å². The number of nitrogens with zero attached hydrogens (tertiary/aromatic N) is 1. The smallest absolute Gasteiger partial charge is 0.306 e. The second-order valence-electron chi connectivity index (χ2n) is 4.26. The first-order chi connectivity index (χ1) is 10.1. The predicted octanol–water partition coefficient (Wildman–Crippen LogP) is 1.62. The SMILES string of the molecule is Cc1cccc[n+]1CC(S(=O)(=O)C(F)(F)F)=S(=O)(O)C(F)(F)F. The first-order valence-corrected chi connectivity index (χ1v) is 8.57. The molecule has 13 heteroatoms. The van der Waals surface area contributed by atoms with E-state index in [0.717, 1.165) is 6.20 Å². The van der Waals surface area contributed by atoms with Crippen LogP contribution in [-0.4, -0.2) is 32.4 Å². The fourth-order valence-electron chi connectivity index (χ4n) is 1.46. The minimum atomic E-state index is -6.64. The van der Waals surface area contributed by atoms with Crippen molar-refractivity contribution in [2.24, 2.45) is 0 Å². The molecule has 1 aromatic heterocycles. The third kappa shape index (κ3) is 3.77. The molecule has 0 radical (unpaired) electrons. The molecule has 1 atom stereocenters. The van der Waals surface area contributed by atoms with E-state index in [1.807, 2.05) is 0 Å². The summed E-state index contributed by atoms with van der Waals surface area (Å²) >= 11 is 0. The van der Waals surface area contributed by atoms with Crippen molar-refractivity contribution in [3.63, 3.8) is 0 Å². The lowest BCUT2D eigenvalue weighted by Gasteiger charge is -2.15. The Morgan fingerprint density at radius 1 is 1.09 bits per heavy atom. The largest absolute Gasteiger partial charge is 0.502 e. The molecule has 1 rings (SSSR count). The van der Waals surface area contributed by atoms with E-state index < -0.39 is 41.4 Å². The summed E-state index contributed by atoms with van der Waals surface area (Å²) in [5, 5.41) is 0. The van der Waals surface area contributed by atoms with Crippen LogP contribution in [0.1, 0.15) is 5.69 Å². The quantitative estimate of drug-likeness (QED) is 0.476. The van der Waals surface area contributed by atoms with Crippen molar-refractivity contribution in [1.82, 2.24) is 0 Å². The van der Waals surface area contributed by atoms with Crippen molar-refractivity contribution in [1.29, 1.82) is 0 Å². The van der Waals surface area contributed by atoms with Gasteiger partial charge in [-0.1, -0.05) is 6.07 Å². The van der Waals surface area contributed by atoms with Crippen LogP contribution in [0.15, 0.2) is 24.4 Å². The van der Waals surface area contributed by atoms with E-state index in [9.17, 15) is 39.0 Å². The van der Waals surface area contributed by atoms with Gasteiger partial charge in [0.1, 0.15) is 0 Å². The standard InChI is InChI=1S/C10H9F6NO4S2/c1-7-4-2-3-5-17(7)6-8(22(18,19)9(11,12)13)23(20,21)10(14,15)16/h2-5H,6H2,1H3/p+1. The Morgan fingerprint density at radius 2 is 1.61 bits per heavy atom. The average Bonchev–Trinajstić information content (AvgIpc) is 2.34. The van der Waals surface area contributed by atoms with Gasteiger partial charge in [-0.3, -0.25) is 0 Å². The zero-order valence-electron chi connectivity index (χ0n) is 11.2. The minimum Gasteiger partial charge on any atom is -0.306 e. The number of rotatable bonds is 2. The molecule has 0 fully saturated rings. The highest BCUT2D eigenvalue weighted by Crippen LogP contribution is 2.31. The number of hydrogen-bond acceptors (Lipinski definition) is 3. The van der Waals surface area contributed by atoms with Crippen LogP contribution in [0.2, 0.25) is 0 Å². The molecule has 23 heavy (non-hydrogen) atoms. The number of halogens is 6. The Bertz CT molecular complexity index is 818. The molecule has 0 bridgehead atoms. The number of pyridine rings is 1. The Labute approximate surface area is 127 Å². The second kappa shape index (κ2) is 5.94. The van der Waals surface area contributed by atoms with Gasteiger partial charge in [0.2, 0.25) is 14.0 Å². The summed E-state index contributed by atoms with van der Waals surface area (Å²) in [6, 6.07) is 3.87. The summed E-state index contributed by atoms with van der Waals surface area (Å²) in [4.78, 5) is 0. The van der Waals surface area contributed by atoms with Gasteiger partial charge in [-0.25, -0.2) is 12.6 Å². The first-order valence-electron chi connectivity index (χ1n) is 5.57. The molecule has 0 aliphatic rings. The number of aryl methyl sites for hydroxylation is 1. The Hall–Kier alpha value is -1.34. The van der Waals surface area contributed by atoms with E-state index in [4.69, 9.17) is 4.55 Å². The number of aromatic nitrogens is 1. The van der Waals surface area contributed by atoms with E-state index in [0.29, 0.717) is 4.57 Å². The molecular weight excluding hydrogens is 376 g/mol. The van der Waals surface area contributed by atoms with E-state index in [1.54, 1.807) is 0 Å². The van der Waals surface area contributed by atoms with Crippen LogP contribution in [0.5, 0.6) is 0 Å². The van der Waals surface area contributed by atoms with Gasteiger partial charge >= 0.3 is 11.0 Å². The molecule has 132 valence electrons. The van der Waals surface area contributed by atoms with Crippen LogP contribution in [0.25, 0.3) is 0 Å². The van der Waals surface area contributed by atoms with Crippen molar-refractivity contribution < 1.29 is 48.1 Å². The van der Waals surface area contributed by atoms with E-state index in [2.05, 4.69) is 0 Å². The van der Waals surface area contributed by atoms with E-state index in [-0.39, 0.29) is 5.69 Å². The minimum absolute atomic E-state index is 0.0831. The topological polar surface area (TPSA) is 75.3 Å². The molecule has 0 saturated heterocycles. The lowest BCUT2D eigenvalue weighted by molar-refractivity contribution is -0.687. The molecule has 0 aliphatic heterocycles. The van der Waals surface area contributed by atoms with Gasteiger partial charge in [0, 0.05) is 19.1 Å². The first kappa shape index (κ1) is 19.7. The molecule has 0 saturated carbocycles. The maximum absolute atomic E-state index is 12.6. The molecule has 0 spiro atoms. The van der Waals surface area contributed by atoms with Crippen LogP contribution < -0.4 is 4.57 Å². The van der Waals surface area contributed by atoms with Crippen molar-refractivity contribution in [2.45, 2.75) is 24.5 Å². The van der Waals surface area contributed by atoms with Gasteiger partial charge < -0.3 is 4.55 Å². The Kier molecular flexibility index (Phi) is 5.09. The third-order valence-corrected chi connectivity index (χ3v) is 6.74. The van der Waals surface area contributed by atoms with Gasteiger partial charge in [0.05, 0.1) is 0 Å². The van der Waals surface area contributed by atoms with Gasteiger partial charge in [-0.15, -0.1) is 0 Å². The summed E-state index contributed by atoms with van der Waals surface area (Å²) in [5.74, 6) is 0. The summed E-state index contributed by atoms with van der Waals surface area (Å²) in [6.07, 6.45) is 0.979. The van der Waals surface area contributed by atoms with E-state index in [1.165, 1.54) is 25.1 Å². The van der Waals surface area contributed by atoms with Crippen LogP contribution >= 0.6 is 0 Å². The van der Waals surface area contributed by atoms with Crippen molar-refractivity contribution in [2.75, 3.05) is 0 Å². The second-order valence-corrected chi connectivity index (χ2v) is 8.49. The van der Waals surface area contributed by atoms with Crippen LogP contribution in [0.3, 0.4) is 0 Å². The molecule has 1 unspecified atom stereocenters. The molecule has 0 aliphatic carbocycles. The normalized spacial score (nSPS) is 16.0. The maximum atomic E-state index is 12.6. The van der Waals surface area contributed by atoms with Crippen molar-refractivity contribution in [3.05, 3.63) is 30.1 Å². The van der Waals surface area contributed by atoms with E-state index >= 15 is 0 Å². The maximum Gasteiger partial charge on any atom is 0.502 e. The molecule has 0 aromatic carbocycles. The van der Waals surface area contributed by atoms with Gasteiger partial charge in [0.25, 0.3) is 9.84 Å². The molecular formula is C10H10F6NO4S2+. The van der Waals surface area contributed by atoms with Gasteiger partial charge in [-0.2, -0.15) is 30.9 Å². The Morgan fingerprint density at radius 3 is 2.00 bits per heavy atom. The van der Waals surface area contributed by atoms with Crippen molar-refractivity contribution >= 4 is 23.8 Å². The summed E-state index contributed by atoms with van der Waals surface area (Å²) in [7, 11) is -13.1. The zero-order valence-corrected chi connectivity index (χ0v) is 12.9. The monoisotopic (exact) mass is 386 g/mol. The van der Waals surface area contributed by atoms with Gasteiger partial charge in [0.15, 0.2) is 18.4 Å². The van der Waals surface area contributed by atoms with Crippen LogP contribution in [0, 0.1) is 6.92 Å². The molecule has 1 aromatic rings. The fraction of sp³-hybridized carbons (Fsp3) is 0.400. The number of sulfone groups is 1. The van der Waals surface area contributed by atoms with Gasteiger partial charge in [-0.05, 0) is 0 Å². The fourth-order valence-corrected chi connectivity index (χ4v) is 4.35. The average molecular weight is 386 g/mol. The highest BCUT2D eigenvalue weighted by Gasteiger charge is 2.57. The summed E-state index contributed by atoms with van der Waals surface area (Å²) in [5.41, 5.74) is -12.1. The van der Waals surface area contributed by atoms with Crippen LogP contribution in [0.4, 0.5) is 26.3 Å². The molecule has 5 nitrogen and oxygen atoms in total. The number of hydrogen-bond donors (Lipinski definition) is 1. The highest BCUT2D eigenvalue weighted by molar-refractivity contribution is 8.22. The Balaban J connectivity index is 3.78. The van der Waals surface area contributed by atoms with Crippen molar-refractivity contribution in [3.8, 4) is 0 Å². The lowest BCUT2D eigenvalue weighted by atomic mass is 10.3. The summed E-state index contributed by atoms with van der Waals surface area (Å²) < 4.78 is 117. The highest BCUT2D eigenvalue weighted by atomic mass is 32.3. The number of alkyl halides is 6. The molecule has 1 heterocycles. The summed E-state index contributed by atoms with van der Waals surface area (Å²) in [6.45, 7) is -0.298. The third-order valence-electron chi connectivity index (χ3n) is 2.69. The lowest BCUT2D eigenvalue weighted by Crippen LogP contribution is -2.49. The predicted molar refractivity (Wildman–Crippen MR) is 68.2 cm³/mol.